The number of carbonyl (C=O) groups is 3. The van der Waals surface area contributed by atoms with Crippen molar-refractivity contribution in [2.45, 2.75) is 135 Å². The van der Waals surface area contributed by atoms with Gasteiger partial charge in [0.15, 0.2) is 12.1 Å². The normalized spacial score (nSPS) is 13.3. The topological polar surface area (TPSA) is 99.1 Å². The van der Waals surface area contributed by atoms with E-state index in [1.807, 2.05) is 21.1 Å². The van der Waals surface area contributed by atoms with Gasteiger partial charge in [-0.15, -0.1) is 0 Å². The van der Waals surface area contributed by atoms with Crippen LogP contribution in [0.3, 0.4) is 0 Å². The molecule has 0 aliphatic carbocycles. The second-order valence-electron chi connectivity index (χ2n) is 11.7. The van der Waals surface area contributed by atoms with Crippen molar-refractivity contribution in [3.05, 3.63) is 12.2 Å². The number of ether oxygens (including phenoxy) is 3. The molecule has 0 aliphatic rings. The fraction of sp³-hybridized carbons (Fsp3) is 0.844. The van der Waals surface area contributed by atoms with Gasteiger partial charge in [0.05, 0.1) is 34.4 Å². The Hall–Kier alpha value is -1.93. The fourth-order valence-electron chi connectivity index (χ4n) is 4.39. The molecule has 0 heterocycles. The monoisotopic (exact) mass is 570 g/mol. The van der Waals surface area contributed by atoms with Crippen molar-refractivity contribution in [3.63, 3.8) is 0 Å². The van der Waals surface area contributed by atoms with Gasteiger partial charge in [0, 0.05) is 19.3 Å². The van der Waals surface area contributed by atoms with E-state index in [4.69, 9.17) is 14.2 Å². The summed E-state index contributed by atoms with van der Waals surface area (Å²) in [5, 5.41) is 9.50. The lowest BCUT2D eigenvalue weighted by Crippen LogP contribution is -2.50. The summed E-state index contributed by atoms with van der Waals surface area (Å²) in [6, 6.07) is -0.610. The molecule has 0 saturated carbocycles. The molecule has 40 heavy (non-hydrogen) atoms. The number of carboxylic acids is 1. The van der Waals surface area contributed by atoms with Crippen LogP contribution in [0.1, 0.15) is 123 Å². The van der Waals surface area contributed by atoms with Crippen LogP contribution in [0.2, 0.25) is 0 Å². The van der Waals surface area contributed by atoms with E-state index in [1.165, 1.54) is 51.4 Å². The van der Waals surface area contributed by atoms with Crippen molar-refractivity contribution < 1.29 is 38.2 Å². The van der Waals surface area contributed by atoms with Gasteiger partial charge in [-0.1, -0.05) is 83.8 Å². The quantitative estimate of drug-likeness (QED) is 0.0499. The lowest BCUT2D eigenvalue weighted by atomic mass is 10.1. The smallest absolute Gasteiger partial charge is 0.362 e. The van der Waals surface area contributed by atoms with Gasteiger partial charge in [0.2, 0.25) is 0 Å². The van der Waals surface area contributed by atoms with E-state index in [0.29, 0.717) is 25.7 Å². The van der Waals surface area contributed by atoms with Crippen LogP contribution < -0.4 is 0 Å². The summed E-state index contributed by atoms with van der Waals surface area (Å²) in [4.78, 5) is 36.3. The first-order chi connectivity index (χ1) is 19.1. The molecule has 0 rings (SSSR count). The summed E-state index contributed by atoms with van der Waals surface area (Å²) >= 11 is 0. The van der Waals surface area contributed by atoms with Gasteiger partial charge < -0.3 is 23.8 Å². The number of esters is 2. The van der Waals surface area contributed by atoms with Crippen molar-refractivity contribution in [1.29, 1.82) is 0 Å². The van der Waals surface area contributed by atoms with Gasteiger partial charge in [-0.25, -0.2) is 4.79 Å². The predicted octanol–water partition coefficient (Wildman–Crippen LogP) is 6.85. The second kappa shape index (κ2) is 24.8. The molecule has 8 nitrogen and oxygen atoms in total. The highest BCUT2D eigenvalue weighted by atomic mass is 16.6. The Balaban J connectivity index is 4.55. The molecule has 0 aliphatic heterocycles. The molecule has 0 aromatic carbocycles. The van der Waals surface area contributed by atoms with Gasteiger partial charge in [0.25, 0.3) is 0 Å². The summed E-state index contributed by atoms with van der Waals surface area (Å²) in [6.07, 6.45) is 19.9. The molecule has 0 saturated heterocycles. The highest BCUT2D eigenvalue weighted by molar-refractivity contribution is 5.72. The fourth-order valence-corrected chi connectivity index (χ4v) is 4.39. The maximum absolute atomic E-state index is 12.4. The van der Waals surface area contributed by atoms with Crippen molar-refractivity contribution in [3.8, 4) is 0 Å². The molecule has 0 bridgehead atoms. The van der Waals surface area contributed by atoms with Crippen LogP contribution in [0, 0.1) is 0 Å². The first-order valence-corrected chi connectivity index (χ1v) is 15.7. The SMILES string of the molecule is CCCCCC/C=C/CCCC(=O)OCC(COCCC(C(=O)O)[N+](C)(C)C)OC(=O)CCCCCCCCC. The summed E-state index contributed by atoms with van der Waals surface area (Å²) < 4.78 is 17.0. The molecule has 2 atom stereocenters. The molecule has 8 heteroatoms. The molecule has 0 aromatic heterocycles. The summed E-state index contributed by atoms with van der Waals surface area (Å²) in [5.41, 5.74) is 0. The minimum absolute atomic E-state index is 0.0558. The Kier molecular flexibility index (Phi) is 23.6. The number of hydrogen-bond donors (Lipinski definition) is 1. The van der Waals surface area contributed by atoms with E-state index in [1.54, 1.807) is 0 Å². The molecule has 1 N–H and O–H groups in total. The van der Waals surface area contributed by atoms with E-state index in [-0.39, 0.29) is 36.2 Å². The summed E-state index contributed by atoms with van der Waals surface area (Å²) in [7, 11) is 5.49. The van der Waals surface area contributed by atoms with Crippen LogP contribution in [0.15, 0.2) is 12.2 Å². The van der Waals surface area contributed by atoms with Crippen molar-refractivity contribution in [2.24, 2.45) is 0 Å². The summed E-state index contributed by atoms with van der Waals surface area (Å²) in [6.45, 7) is 4.59. The zero-order chi connectivity index (χ0) is 30.1. The third-order valence-electron chi connectivity index (χ3n) is 6.91. The highest BCUT2D eigenvalue weighted by Gasteiger charge is 2.31. The maximum atomic E-state index is 12.4. The van der Waals surface area contributed by atoms with Crippen molar-refractivity contribution in [1.82, 2.24) is 0 Å². The van der Waals surface area contributed by atoms with Crippen LogP contribution in [-0.4, -0.2) is 80.6 Å². The van der Waals surface area contributed by atoms with Crippen LogP contribution in [0.4, 0.5) is 0 Å². The van der Waals surface area contributed by atoms with E-state index in [9.17, 15) is 19.5 Å². The molecule has 0 aromatic rings. The van der Waals surface area contributed by atoms with E-state index in [0.717, 1.165) is 32.1 Å². The zero-order valence-corrected chi connectivity index (χ0v) is 26.3. The van der Waals surface area contributed by atoms with Crippen LogP contribution >= 0.6 is 0 Å². The Morgan fingerprint density at radius 3 is 1.88 bits per heavy atom. The number of aliphatic carboxylic acids is 1. The Bertz CT molecular complexity index is 687. The average molecular weight is 571 g/mol. The van der Waals surface area contributed by atoms with E-state index < -0.39 is 18.1 Å². The van der Waals surface area contributed by atoms with Gasteiger partial charge in [-0.3, -0.25) is 9.59 Å². The van der Waals surface area contributed by atoms with Gasteiger partial charge in [0.1, 0.15) is 6.61 Å². The third kappa shape index (κ3) is 22.8. The van der Waals surface area contributed by atoms with Crippen molar-refractivity contribution in [2.75, 3.05) is 41.0 Å². The van der Waals surface area contributed by atoms with Crippen LogP contribution in [0.25, 0.3) is 0 Å². The number of rotatable bonds is 27. The number of carbonyl (C=O) groups excluding carboxylic acids is 2. The number of allylic oxidation sites excluding steroid dienone is 2. The molecular formula is C32H60NO7+. The summed E-state index contributed by atoms with van der Waals surface area (Å²) in [5.74, 6) is -1.52. The Morgan fingerprint density at radius 1 is 0.725 bits per heavy atom. The average Bonchev–Trinajstić information content (AvgIpc) is 2.89. The number of nitrogens with zero attached hydrogens (tertiary/aromatic N) is 1. The molecule has 0 amide bonds. The lowest BCUT2D eigenvalue weighted by molar-refractivity contribution is -0.887. The number of carboxylic acid groups (broad SMARTS) is 1. The van der Waals surface area contributed by atoms with E-state index in [2.05, 4.69) is 26.0 Å². The Labute approximate surface area is 244 Å². The number of hydrogen-bond acceptors (Lipinski definition) is 6. The van der Waals surface area contributed by atoms with Crippen molar-refractivity contribution >= 4 is 17.9 Å². The zero-order valence-electron chi connectivity index (χ0n) is 26.3. The highest BCUT2D eigenvalue weighted by Crippen LogP contribution is 2.12. The minimum atomic E-state index is -0.881. The number of quaternary nitrogens is 1. The number of unbranched alkanes of at least 4 members (excludes halogenated alkanes) is 11. The Morgan fingerprint density at radius 2 is 1.27 bits per heavy atom. The lowest BCUT2D eigenvalue weighted by Gasteiger charge is -2.31. The molecule has 234 valence electrons. The minimum Gasteiger partial charge on any atom is -0.477 e. The van der Waals surface area contributed by atoms with Crippen LogP contribution in [-0.2, 0) is 28.6 Å². The van der Waals surface area contributed by atoms with Gasteiger partial charge in [-0.2, -0.15) is 0 Å². The predicted molar refractivity (Wildman–Crippen MR) is 160 cm³/mol. The first kappa shape index (κ1) is 38.1. The van der Waals surface area contributed by atoms with Crippen LogP contribution in [0.5, 0.6) is 0 Å². The number of likely N-dealkylation sites (N-methyl/N-ethyl adjacent to an activating group) is 1. The van der Waals surface area contributed by atoms with Gasteiger partial charge >= 0.3 is 17.9 Å². The van der Waals surface area contributed by atoms with E-state index >= 15 is 0 Å². The molecule has 0 radical (unpaired) electrons. The second-order valence-corrected chi connectivity index (χ2v) is 11.7. The maximum Gasteiger partial charge on any atom is 0.362 e. The molecule has 0 spiro atoms. The largest absolute Gasteiger partial charge is 0.477 e. The molecule has 2 unspecified atom stereocenters. The third-order valence-corrected chi connectivity index (χ3v) is 6.91. The molecule has 0 fully saturated rings. The standard InChI is InChI=1S/C32H59NO7/c1-6-8-10-12-14-15-17-18-20-22-30(34)39-27-28(26-38-25-24-29(32(36)37)33(3,4)5)40-31(35)23-21-19-16-13-11-9-7-2/h15,17,28-29H,6-14,16,18-27H2,1-5H3/p+1/b17-15+. The molecular weight excluding hydrogens is 510 g/mol. The van der Waals surface area contributed by atoms with Gasteiger partial charge in [-0.05, 0) is 32.1 Å². The first-order valence-electron chi connectivity index (χ1n) is 15.7.